The lowest BCUT2D eigenvalue weighted by molar-refractivity contribution is 0.315. The minimum atomic E-state index is 0.379. The number of hydrogen-bond acceptors (Lipinski definition) is 2. The Morgan fingerprint density at radius 1 is 1.47 bits per heavy atom. The SMILES string of the molecule is CCCNC1CCCOc2c(Cl)cc(C)cc21. The minimum Gasteiger partial charge on any atom is -0.492 e. The van der Waals surface area contributed by atoms with Crippen LogP contribution in [0, 0.1) is 6.92 Å². The number of benzene rings is 1. The second-order valence-electron chi connectivity index (χ2n) is 4.66. The summed E-state index contributed by atoms with van der Waals surface area (Å²) in [6, 6.07) is 4.55. The second-order valence-corrected chi connectivity index (χ2v) is 5.07. The molecule has 2 rings (SSSR count). The normalized spacial score (nSPS) is 19.4. The van der Waals surface area contributed by atoms with Gasteiger partial charge >= 0.3 is 0 Å². The van der Waals surface area contributed by atoms with Gasteiger partial charge in [-0.05, 0) is 44.4 Å². The van der Waals surface area contributed by atoms with Crippen molar-refractivity contribution in [1.82, 2.24) is 5.32 Å². The molecule has 0 saturated carbocycles. The van der Waals surface area contributed by atoms with Gasteiger partial charge in [0.15, 0.2) is 0 Å². The fraction of sp³-hybridized carbons (Fsp3) is 0.571. The molecule has 1 heterocycles. The highest BCUT2D eigenvalue weighted by Gasteiger charge is 2.21. The van der Waals surface area contributed by atoms with Crippen LogP contribution < -0.4 is 10.1 Å². The number of halogens is 1. The lowest BCUT2D eigenvalue weighted by atomic mass is 10.00. The van der Waals surface area contributed by atoms with Crippen LogP contribution in [0.25, 0.3) is 0 Å². The predicted molar refractivity (Wildman–Crippen MR) is 72.0 cm³/mol. The van der Waals surface area contributed by atoms with Gasteiger partial charge in [-0.3, -0.25) is 0 Å². The number of aryl methyl sites for hydroxylation is 1. The maximum atomic E-state index is 6.27. The van der Waals surface area contributed by atoms with Crippen LogP contribution in [0.15, 0.2) is 12.1 Å². The quantitative estimate of drug-likeness (QED) is 0.883. The molecule has 0 spiro atoms. The van der Waals surface area contributed by atoms with Crippen molar-refractivity contribution < 1.29 is 4.74 Å². The molecule has 0 aliphatic carbocycles. The molecule has 94 valence electrons. The molecule has 0 radical (unpaired) electrons. The molecule has 0 amide bonds. The van der Waals surface area contributed by atoms with E-state index >= 15 is 0 Å². The largest absolute Gasteiger partial charge is 0.492 e. The maximum Gasteiger partial charge on any atom is 0.142 e. The Kier molecular flexibility index (Phi) is 4.30. The van der Waals surface area contributed by atoms with E-state index in [2.05, 4.69) is 25.2 Å². The third kappa shape index (κ3) is 2.93. The van der Waals surface area contributed by atoms with Gasteiger partial charge in [0.2, 0.25) is 0 Å². The Morgan fingerprint density at radius 2 is 2.29 bits per heavy atom. The molecular weight excluding hydrogens is 234 g/mol. The summed E-state index contributed by atoms with van der Waals surface area (Å²) in [6.45, 7) is 6.06. The third-order valence-electron chi connectivity index (χ3n) is 3.12. The van der Waals surface area contributed by atoms with Crippen LogP contribution in [-0.2, 0) is 0 Å². The van der Waals surface area contributed by atoms with E-state index in [9.17, 15) is 0 Å². The standard InChI is InChI=1S/C14H20ClNO/c1-3-6-16-13-5-4-7-17-14-11(13)8-10(2)9-12(14)15/h8-9,13,16H,3-7H2,1-2H3. The van der Waals surface area contributed by atoms with E-state index in [4.69, 9.17) is 16.3 Å². The van der Waals surface area contributed by atoms with Gasteiger partial charge in [0.05, 0.1) is 11.6 Å². The molecular formula is C14H20ClNO. The van der Waals surface area contributed by atoms with Crippen molar-refractivity contribution in [2.75, 3.05) is 13.2 Å². The summed E-state index contributed by atoms with van der Waals surface area (Å²) in [5.41, 5.74) is 2.42. The molecule has 0 bridgehead atoms. The van der Waals surface area contributed by atoms with Crippen LogP contribution in [0.1, 0.15) is 43.4 Å². The van der Waals surface area contributed by atoms with Crippen LogP contribution in [0.3, 0.4) is 0 Å². The number of fused-ring (bicyclic) bond motifs is 1. The van der Waals surface area contributed by atoms with E-state index in [1.807, 2.05) is 6.07 Å². The molecule has 17 heavy (non-hydrogen) atoms. The summed E-state index contributed by atoms with van der Waals surface area (Å²) >= 11 is 6.27. The monoisotopic (exact) mass is 253 g/mol. The Labute approximate surface area is 108 Å². The van der Waals surface area contributed by atoms with Crippen molar-refractivity contribution in [2.24, 2.45) is 0 Å². The van der Waals surface area contributed by atoms with Crippen LogP contribution in [-0.4, -0.2) is 13.2 Å². The average molecular weight is 254 g/mol. The first-order chi connectivity index (χ1) is 8.22. The zero-order valence-electron chi connectivity index (χ0n) is 10.6. The van der Waals surface area contributed by atoms with Gasteiger partial charge in [-0.15, -0.1) is 0 Å². The van der Waals surface area contributed by atoms with Crippen molar-refractivity contribution >= 4 is 11.6 Å². The van der Waals surface area contributed by atoms with Gasteiger partial charge in [0.25, 0.3) is 0 Å². The first-order valence-electron chi connectivity index (χ1n) is 6.38. The van der Waals surface area contributed by atoms with Crippen LogP contribution in [0.4, 0.5) is 0 Å². The predicted octanol–water partition coefficient (Wildman–Crippen LogP) is 3.86. The summed E-state index contributed by atoms with van der Waals surface area (Å²) < 4.78 is 5.77. The zero-order chi connectivity index (χ0) is 12.3. The van der Waals surface area contributed by atoms with Crippen LogP contribution >= 0.6 is 11.6 Å². The summed E-state index contributed by atoms with van der Waals surface area (Å²) in [6.07, 6.45) is 3.34. The average Bonchev–Trinajstić information content (AvgIpc) is 2.49. The second kappa shape index (κ2) is 5.74. The van der Waals surface area contributed by atoms with Crippen LogP contribution in [0.5, 0.6) is 5.75 Å². The van der Waals surface area contributed by atoms with E-state index in [1.165, 1.54) is 11.1 Å². The molecule has 1 aliphatic heterocycles. The number of ether oxygens (including phenoxy) is 1. The number of nitrogens with one attached hydrogen (secondary N) is 1. The molecule has 3 heteroatoms. The Morgan fingerprint density at radius 3 is 3.06 bits per heavy atom. The van der Waals surface area contributed by atoms with E-state index in [1.54, 1.807) is 0 Å². The fourth-order valence-electron chi connectivity index (χ4n) is 2.31. The third-order valence-corrected chi connectivity index (χ3v) is 3.40. The van der Waals surface area contributed by atoms with E-state index in [-0.39, 0.29) is 0 Å². The molecule has 0 saturated heterocycles. The first kappa shape index (κ1) is 12.7. The molecule has 1 aromatic rings. The van der Waals surface area contributed by atoms with Crippen molar-refractivity contribution in [1.29, 1.82) is 0 Å². The zero-order valence-corrected chi connectivity index (χ0v) is 11.3. The van der Waals surface area contributed by atoms with Gasteiger partial charge in [-0.2, -0.15) is 0 Å². The summed E-state index contributed by atoms with van der Waals surface area (Å²) in [4.78, 5) is 0. The van der Waals surface area contributed by atoms with Crippen molar-refractivity contribution in [3.63, 3.8) is 0 Å². The molecule has 1 aliphatic rings. The molecule has 1 aromatic carbocycles. The topological polar surface area (TPSA) is 21.3 Å². The molecule has 1 atom stereocenters. The molecule has 0 fully saturated rings. The highest BCUT2D eigenvalue weighted by Crippen LogP contribution is 2.37. The van der Waals surface area contributed by atoms with Crippen LogP contribution in [0.2, 0.25) is 5.02 Å². The maximum absolute atomic E-state index is 6.27. The lowest BCUT2D eigenvalue weighted by Gasteiger charge is -2.19. The summed E-state index contributed by atoms with van der Waals surface area (Å²) in [5, 5.41) is 4.32. The lowest BCUT2D eigenvalue weighted by Crippen LogP contribution is -2.21. The van der Waals surface area contributed by atoms with Gasteiger partial charge in [-0.25, -0.2) is 0 Å². The Hall–Kier alpha value is -0.730. The van der Waals surface area contributed by atoms with Gasteiger partial charge < -0.3 is 10.1 Å². The molecule has 1 unspecified atom stereocenters. The Balaban J connectivity index is 2.33. The number of hydrogen-bond donors (Lipinski definition) is 1. The molecule has 1 N–H and O–H groups in total. The van der Waals surface area contributed by atoms with Crippen molar-refractivity contribution in [3.8, 4) is 5.75 Å². The highest BCUT2D eigenvalue weighted by molar-refractivity contribution is 6.32. The molecule has 0 aromatic heterocycles. The fourth-order valence-corrected chi connectivity index (χ4v) is 2.65. The summed E-state index contributed by atoms with van der Waals surface area (Å²) in [5.74, 6) is 0.878. The Bertz CT molecular complexity index is 392. The molecule has 2 nitrogen and oxygen atoms in total. The minimum absolute atomic E-state index is 0.379. The number of rotatable bonds is 3. The van der Waals surface area contributed by atoms with Crippen molar-refractivity contribution in [2.45, 2.75) is 39.2 Å². The van der Waals surface area contributed by atoms with Gasteiger partial charge in [0, 0.05) is 11.6 Å². The van der Waals surface area contributed by atoms with Crippen molar-refractivity contribution in [3.05, 3.63) is 28.3 Å². The van der Waals surface area contributed by atoms with Gasteiger partial charge in [-0.1, -0.05) is 24.6 Å². The smallest absolute Gasteiger partial charge is 0.142 e. The van der Waals surface area contributed by atoms with Gasteiger partial charge in [0.1, 0.15) is 5.75 Å². The van der Waals surface area contributed by atoms with E-state index in [0.717, 1.165) is 43.2 Å². The summed E-state index contributed by atoms with van der Waals surface area (Å²) in [7, 11) is 0. The van der Waals surface area contributed by atoms with E-state index in [0.29, 0.717) is 6.04 Å². The first-order valence-corrected chi connectivity index (χ1v) is 6.76. The highest BCUT2D eigenvalue weighted by atomic mass is 35.5. The van der Waals surface area contributed by atoms with E-state index < -0.39 is 0 Å².